The Morgan fingerprint density at radius 3 is 2.78 bits per heavy atom. The van der Waals surface area contributed by atoms with Crippen LogP contribution in [0.15, 0.2) is 60.3 Å². The van der Waals surface area contributed by atoms with Gasteiger partial charge in [-0.25, -0.2) is 0 Å². The van der Waals surface area contributed by atoms with E-state index in [4.69, 9.17) is 4.74 Å². The lowest BCUT2D eigenvalue weighted by Gasteiger charge is -2.44. The van der Waals surface area contributed by atoms with E-state index in [1.54, 1.807) is 35.1 Å². The molecule has 41 heavy (non-hydrogen) atoms. The van der Waals surface area contributed by atoms with Crippen molar-refractivity contribution in [2.75, 3.05) is 33.3 Å². The van der Waals surface area contributed by atoms with E-state index >= 15 is 0 Å². The molecule has 3 aromatic rings. The zero-order valence-corrected chi connectivity index (χ0v) is 23.4. The van der Waals surface area contributed by atoms with Gasteiger partial charge in [-0.3, -0.25) is 9.59 Å². The smallest absolute Gasteiger partial charge is 0.387 e. The fourth-order valence-corrected chi connectivity index (χ4v) is 5.78. The second-order valence-electron chi connectivity index (χ2n) is 10.5. The molecule has 2 aliphatic rings. The number of halogens is 2. The van der Waals surface area contributed by atoms with Crippen LogP contribution in [0, 0.1) is 0 Å². The van der Waals surface area contributed by atoms with Crippen molar-refractivity contribution in [3.63, 3.8) is 0 Å². The summed E-state index contributed by atoms with van der Waals surface area (Å²) in [5, 5.41) is 0.850. The number of alkyl halides is 2. The Labute approximate surface area is 238 Å². The van der Waals surface area contributed by atoms with E-state index in [1.807, 2.05) is 18.2 Å². The first-order valence-electron chi connectivity index (χ1n) is 14.1. The molecule has 10 heteroatoms. The lowest BCUT2D eigenvalue weighted by molar-refractivity contribution is -0.140. The van der Waals surface area contributed by atoms with E-state index < -0.39 is 6.61 Å². The van der Waals surface area contributed by atoms with Crippen LogP contribution < -0.4 is 9.47 Å². The Morgan fingerprint density at radius 2 is 2.00 bits per heavy atom. The van der Waals surface area contributed by atoms with Crippen molar-refractivity contribution in [3.8, 4) is 11.5 Å². The van der Waals surface area contributed by atoms with E-state index in [0.29, 0.717) is 30.1 Å². The summed E-state index contributed by atoms with van der Waals surface area (Å²) in [6.07, 6.45) is 6.34. The number of hydrogen-bond donors (Lipinski definition) is 1. The number of piperidine rings is 1. The predicted molar refractivity (Wildman–Crippen MR) is 152 cm³/mol. The van der Waals surface area contributed by atoms with Crippen LogP contribution >= 0.6 is 0 Å². The molecule has 8 nitrogen and oxygen atoms in total. The molecule has 2 fully saturated rings. The minimum Gasteiger partial charge on any atom is -0.497 e. The van der Waals surface area contributed by atoms with Crippen molar-refractivity contribution in [2.24, 2.45) is 0 Å². The van der Waals surface area contributed by atoms with Gasteiger partial charge in [0.1, 0.15) is 23.7 Å². The molecule has 0 saturated carbocycles. The first kappa shape index (κ1) is 28.4. The van der Waals surface area contributed by atoms with Crippen LogP contribution in [0.5, 0.6) is 11.5 Å². The molecular formula is C31H36F2N4O4. The third-order valence-electron chi connectivity index (χ3n) is 7.73. The molecule has 0 unspecified atom stereocenters. The number of hydrogen-bond acceptors (Lipinski definition) is 5. The number of allylic oxidation sites excluding steroid dienone is 2. The fourth-order valence-electron chi connectivity index (χ4n) is 5.78. The summed E-state index contributed by atoms with van der Waals surface area (Å²) < 4.78 is 35.5. The van der Waals surface area contributed by atoms with Crippen LogP contribution in [0.3, 0.4) is 0 Å². The number of carbonyl (C=O) groups excluding carboxylic acids is 2. The molecule has 2 saturated heterocycles. The van der Waals surface area contributed by atoms with Crippen molar-refractivity contribution >= 4 is 22.7 Å². The second-order valence-corrected chi connectivity index (χ2v) is 10.5. The van der Waals surface area contributed by atoms with E-state index in [9.17, 15) is 18.4 Å². The summed E-state index contributed by atoms with van der Waals surface area (Å²) >= 11 is 0. The third-order valence-corrected chi connectivity index (χ3v) is 7.73. The molecular weight excluding hydrogens is 530 g/mol. The van der Waals surface area contributed by atoms with Crippen molar-refractivity contribution in [1.29, 1.82) is 0 Å². The maximum absolute atomic E-state index is 13.7. The Balaban J connectivity index is 1.40. The maximum atomic E-state index is 13.7. The second kappa shape index (κ2) is 12.6. The van der Waals surface area contributed by atoms with Gasteiger partial charge in [-0.2, -0.15) is 8.78 Å². The molecule has 0 aliphatic carbocycles. The number of aromatic amines is 1. The Bertz CT molecular complexity index is 1420. The van der Waals surface area contributed by atoms with Gasteiger partial charge in [-0.05, 0) is 67.6 Å². The SMILES string of the molecule is CC/C=C1/CCCCN1C[C@H]1CN(C(=O)c2cc3cc(OC)ccc3[nH]2)CC(=O)N1Cc1cccc(OC(F)F)c1. The highest BCUT2D eigenvalue weighted by Crippen LogP contribution is 2.27. The Hall–Kier alpha value is -4.08. The fraction of sp³-hybridized carbons (Fsp3) is 0.419. The molecule has 1 N–H and O–H groups in total. The van der Waals surface area contributed by atoms with Gasteiger partial charge < -0.3 is 29.2 Å². The average molecular weight is 567 g/mol. The van der Waals surface area contributed by atoms with Gasteiger partial charge >= 0.3 is 6.61 Å². The van der Waals surface area contributed by atoms with Gasteiger partial charge in [0.25, 0.3) is 5.91 Å². The molecule has 0 bridgehead atoms. The molecule has 218 valence electrons. The quantitative estimate of drug-likeness (QED) is 0.375. The topological polar surface area (TPSA) is 78.1 Å². The average Bonchev–Trinajstić information content (AvgIpc) is 3.39. The number of aromatic nitrogens is 1. The zero-order valence-electron chi connectivity index (χ0n) is 23.4. The van der Waals surface area contributed by atoms with E-state index in [1.165, 1.54) is 17.8 Å². The summed E-state index contributed by atoms with van der Waals surface area (Å²) in [5.74, 6) is 0.314. The number of nitrogens with zero attached hydrogens (tertiary/aromatic N) is 3. The molecule has 0 radical (unpaired) electrons. The number of H-pyrrole nitrogens is 1. The maximum Gasteiger partial charge on any atom is 0.387 e. The summed E-state index contributed by atoms with van der Waals surface area (Å²) in [6, 6.07) is 13.5. The van der Waals surface area contributed by atoms with E-state index in [0.717, 1.165) is 43.1 Å². The molecule has 2 aliphatic heterocycles. The molecule has 2 amide bonds. The van der Waals surface area contributed by atoms with Crippen molar-refractivity contribution in [2.45, 2.75) is 51.8 Å². The number of methoxy groups -OCH3 is 1. The van der Waals surface area contributed by atoms with Crippen LogP contribution in [0.25, 0.3) is 10.9 Å². The van der Waals surface area contributed by atoms with Crippen molar-refractivity contribution in [1.82, 2.24) is 19.7 Å². The standard InChI is InChI=1S/C31H36F2N4O4/c1-3-7-23-9-4-5-13-35(23)18-24-19-36(30(39)28-16-22-15-25(40-2)11-12-27(22)34-28)20-29(38)37(24)17-21-8-6-10-26(14-21)41-31(32)33/h6-8,10-12,14-16,24,31,34H,3-5,9,13,17-20H2,1-2H3/b23-7-/t24-/m0/s1. The number of fused-ring (bicyclic) bond motifs is 1. The number of nitrogens with one attached hydrogen (secondary N) is 1. The summed E-state index contributed by atoms with van der Waals surface area (Å²) in [5.41, 5.74) is 3.18. The first-order valence-corrected chi connectivity index (χ1v) is 14.1. The van der Waals surface area contributed by atoms with Gasteiger partial charge in [0.15, 0.2) is 0 Å². The zero-order chi connectivity index (χ0) is 28.9. The first-order chi connectivity index (χ1) is 19.8. The number of amides is 2. The van der Waals surface area contributed by atoms with Gasteiger partial charge in [-0.15, -0.1) is 0 Å². The minimum atomic E-state index is -2.93. The number of benzene rings is 2. The highest BCUT2D eigenvalue weighted by molar-refractivity contribution is 6.00. The van der Waals surface area contributed by atoms with Crippen LogP contribution in [0.2, 0.25) is 0 Å². The molecule has 3 heterocycles. The Morgan fingerprint density at radius 1 is 1.15 bits per heavy atom. The normalized spacial score (nSPS) is 19.0. The monoisotopic (exact) mass is 566 g/mol. The lowest BCUT2D eigenvalue weighted by atomic mass is 10.0. The van der Waals surface area contributed by atoms with Gasteiger partial charge in [0, 0.05) is 42.8 Å². The summed E-state index contributed by atoms with van der Waals surface area (Å²) in [6.45, 7) is 1.17. The van der Waals surface area contributed by atoms with Crippen LogP contribution in [-0.2, 0) is 11.3 Å². The van der Waals surface area contributed by atoms with Crippen LogP contribution in [0.4, 0.5) is 8.78 Å². The molecule has 2 aromatic carbocycles. The molecule has 1 atom stereocenters. The number of likely N-dealkylation sites (tertiary alicyclic amines) is 1. The predicted octanol–water partition coefficient (Wildman–Crippen LogP) is 5.41. The highest BCUT2D eigenvalue weighted by atomic mass is 19.3. The van der Waals surface area contributed by atoms with E-state index in [-0.39, 0.29) is 36.7 Å². The lowest BCUT2D eigenvalue weighted by Crippen LogP contribution is -2.60. The number of piperazine rings is 1. The van der Waals surface area contributed by atoms with Crippen LogP contribution in [-0.4, -0.2) is 77.4 Å². The largest absolute Gasteiger partial charge is 0.497 e. The van der Waals surface area contributed by atoms with Gasteiger partial charge in [0.05, 0.1) is 13.2 Å². The third kappa shape index (κ3) is 6.64. The number of rotatable bonds is 9. The summed E-state index contributed by atoms with van der Waals surface area (Å²) in [4.78, 5) is 36.2. The Kier molecular flexibility index (Phi) is 8.75. The molecule has 0 spiro atoms. The number of carbonyl (C=O) groups is 2. The highest BCUT2D eigenvalue weighted by Gasteiger charge is 2.37. The summed E-state index contributed by atoms with van der Waals surface area (Å²) in [7, 11) is 1.59. The minimum absolute atomic E-state index is 0.0509. The number of ether oxygens (including phenoxy) is 2. The van der Waals surface area contributed by atoms with Crippen molar-refractivity contribution < 1.29 is 27.8 Å². The van der Waals surface area contributed by atoms with Crippen molar-refractivity contribution in [3.05, 3.63) is 71.6 Å². The molecule has 1 aromatic heterocycles. The molecule has 5 rings (SSSR count). The van der Waals surface area contributed by atoms with Gasteiger partial charge in [0.2, 0.25) is 5.91 Å². The van der Waals surface area contributed by atoms with Crippen LogP contribution in [0.1, 0.15) is 48.7 Å². The van der Waals surface area contributed by atoms with E-state index in [2.05, 4.69) is 27.6 Å². The van der Waals surface area contributed by atoms with Gasteiger partial charge in [-0.1, -0.05) is 25.1 Å².